The van der Waals surface area contributed by atoms with Crippen LogP contribution in [0.15, 0.2) is 181 Å². The summed E-state index contributed by atoms with van der Waals surface area (Å²) in [5, 5.41) is 18.5. The number of nitrogens with one attached hydrogen (secondary N) is 4. The van der Waals surface area contributed by atoms with Gasteiger partial charge in [-0.25, -0.2) is 22.8 Å². The standard InChI is InChI=1S/C24H30FN3O4.C21H21F4N3O3.C17H21FO5.C8H12N2.CH4/c1-24(2,3)32-23(30)26-15-17(14-25)16-31-21-11-9-18(10-12-21)22(29)27-19-7-6-8-20(13-19)28(4)5;1-28(2)17-5-3-4-16(10-17)27-19(29)15-6-8-18(9-7-15)31-13-14(11-22)12-26-20(30)21(23,24)25;1-17(2,3)23-15(19)9-4-12(10-18)11-22-14-7-5-13(6-8-14)16(20)21;1-10(2)8-5-3-4-7(9)6-8;/h6-14H,15-16H2,1-5H3,(H,26,30)(H,27,29);3-11H,12-13H2,1-2H3,(H,26,30)(H,27,29);5-8,10H,4,9,11H2,1-3H3,(H,20,21);3-6H,9H2,1-2H3;1H4/i;;;;1T. The van der Waals surface area contributed by atoms with Crippen molar-refractivity contribution in [2.45, 2.75) is 79.2 Å². The number of carbonyl (C=O) groups is 6. The summed E-state index contributed by atoms with van der Waals surface area (Å²) in [5.74, 6) is -3.04. The quantitative estimate of drug-likeness (QED) is 0.0187. The Balaban J connectivity index is 0.000000465. The molecule has 0 aromatic heterocycles. The van der Waals surface area contributed by atoms with Crippen LogP contribution < -0.4 is 55.9 Å². The number of alkyl halides is 3. The molecule has 0 bridgehead atoms. The van der Waals surface area contributed by atoms with Crippen LogP contribution in [0.2, 0.25) is 0 Å². The smallest absolute Gasteiger partial charge is 0.471 e. The fourth-order valence-electron chi connectivity index (χ4n) is 7.41. The largest absolute Gasteiger partial charge is 0.489 e. The molecule has 97 heavy (non-hydrogen) atoms. The molecule has 0 spiro atoms. The molecule has 4 amide bonds. The van der Waals surface area contributed by atoms with Gasteiger partial charge >= 0.3 is 30.1 Å². The molecule has 0 unspecified atom stereocenters. The van der Waals surface area contributed by atoms with Gasteiger partial charge in [0.1, 0.15) is 48.3 Å². The molecule has 0 atom stereocenters. The van der Waals surface area contributed by atoms with Crippen molar-refractivity contribution >= 4 is 69.9 Å². The van der Waals surface area contributed by atoms with Crippen molar-refractivity contribution in [3.8, 4) is 17.2 Å². The Labute approximate surface area is 564 Å². The number of carboxylic acids is 1. The Hall–Kier alpha value is -10.7. The van der Waals surface area contributed by atoms with E-state index < -0.39 is 47.9 Å². The zero-order valence-electron chi connectivity index (χ0n) is 57.7. The molecule has 26 heteroatoms. The fraction of sp³-hybridized carbons (Fsp3) is 0.324. The van der Waals surface area contributed by atoms with Crippen LogP contribution in [-0.2, 0) is 19.1 Å². The van der Waals surface area contributed by atoms with Crippen LogP contribution in [0.25, 0.3) is 0 Å². The highest BCUT2D eigenvalue weighted by Crippen LogP contribution is 2.23. The number of benzene rings is 6. The Morgan fingerprint density at radius 3 is 1.21 bits per heavy atom. The first-order valence-electron chi connectivity index (χ1n) is 30.6. The minimum atomic E-state index is -5.05. The fourth-order valence-corrected chi connectivity index (χ4v) is 7.41. The molecule has 0 aliphatic heterocycles. The van der Waals surface area contributed by atoms with Crippen molar-refractivity contribution < 1.29 is 85.3 Å². The monoisotopic (exact) mass is 1360 g/mol. The number of ether oxygens (including phenoxy) is 5. The van der Waals surface area contributed by atoms with Gasteiger partial charge in [-0.05, 0) is 181 Å². The number of hydrogen-bond acceptors (Lipinski definition) is 15. The van der Waals surface area contributed by atoms with Gasteiger partial charge in [-0.3, -0.25) is 19.2 Å². The van der Waals surface area contributed by atoms with Crippen LogP contribution in [0.5, 0.6) is 17.2 Å². The minimum Gasteiger partial charge on any atom is -0.489 e. The van der Waals surface area contributed by atoms with E-state index in [1.807, 2.05) is 124 Å². The van der Waals surface area contributed by atoms with Crippen molar-refractivity contribution in [1.29, 1.82) is 0 Å². The number of amides is 4. The normalized spacial score (nSPS) is 11.4. The molecule has 0 aliphatic rings. The van der Waals surface area contributed by atoms with E-state index in [9.17, 15) is 55.1 Å². The average Bonchev–Trinajstić information content (AvgIpc) is 0.873. The predicted molar refractivity (Wildman–Crippen MR) is 368 cm³/mol. The predicted octanol–water partition coefficient (Wildman–Crippen LogP) is 14.4. The van der Waals surface area contributed by atoms with E-state index in [1.165, 1.54) is 55.9 Å². The molecule has 6 aromatic carbocycles. The second kappa shape index (κ2) is 40.6. The number of hydrogen-bond donors (Lipinski definition) is 6. The Morgan fingerprint density at radius 2 is 0.866 bits per heavy atom. The maximum Gasteiger partial charge on any atom is 0.471 e. The summed E-state index contributed by atoms with van der Waals surface area (Å²) >= 11 is 0. The number of esters is 1. The summed E-state index contributed by atoms with van der Waals surface area (Å²) in [6.07, 6.45) is -4.56. The van der Waals surface area contributed by atoms with E-state index in [1.54, 1.807) is 77.2 Å². The summed E-state index contributed by atoms with van der Waals surface area (Å²) in [6, 6.07) is 40.8. The number of nitrogen functional groups attached to an aromatic ring is 1. The molecule has 7 N–H and O–H groups in total. The Bertz CT molecular complexity index is 3580. The van der Waals surface area contributed by atoms with E-state index in [0.29, 0.717) is 52.2 Å². The molecule has 0 fully saturated rings. The lowest BCUT2D eigenvalue weighted by Crippen LogP contribution is -2.38. The van der Waals surface area contributed by atoms with Crippen LogP contribution in [0.4, 0.5) is 65.3 Å². The lowest BCUT2D eigenvalue weighted by molar-refractivity contribution is -0.173. The van der Waals surface area contributed by atoms with Crippen molar-refractivity contribution in [3.63, 3.8) is 0 Å². The zero-order chi connectivity index (χ0) is 73.8. The first kappa shape index (κ1) is 80.6. The van der Waals surface area contributed by atoms with Gasteiger partial charge in [0.05, 0.1) is 24.6 Å². The van der Waals surface area contributed by atoms with Gasteiger partial charge in [0.15, 0.2) is 0 Å². The second-order valence-corrected chi connectivity index (χ2v) is 23.5. The van der Waals surface area contributed by atoms with Crippen LogP contribution in [0.1, 0.15) is 94.2 Å². The molecule has 0 heterocycles. The SMILES string of the molecule is CC(C)(C)OC(=O)CCC(=CF)COc1ccc(C(=O)O)cc1.CN(C)c1cccc(N)c1.CN(C)c1cccc(NC(=O)c2ccc(OCC(=CF)CNC(=O)C(F)(F)F)cc2)c1.CN(C)c1cccc(NC(=O)c2ccc(OCC(=CF)CNC(=O)OC(C)(C)C)cc2)c1.[3H]C. The number of anilines is 6. The molecule has 6 aromatic rings. The topological polar surface area (TPSA) is 253 Å². The van der Waals surface area contributed by atoms with Crippen LogP contribution in [-0.4, -0.2) is 133 Å². The highest BCUT2D eigenvalue weighted by atomic mass is 19.4. The first-order valence-corrected chi connectivity index (χ1v) is 29.6. The number of alkyl carbamates (subject to hydrolysis) is 1. The number of nitrogens with two attached hydrogens (primary N) is 1. The van der Waals surface area contributed by atoms with Crippen LogP contribution in [0.3, 0.4) is 0 Å². The van der Waals surface area contributed by atoms with Gasteiger partial charge in [-0.15, -0.1) is 0 Å². The van der Waals surface area contributed by atoms with Gasteiger partial charge in [-0.1, -0.05) is 25.6 Å². The van der Waals surface area contributed by atoms with Crippen molar-refractivity contribution in [2.75, 3.05) is 106 Å². The highest BCUT2D eigenvalue weighted by Gasteiger charge is 2.38. The third kappa shape index (κ3) is 33.3. The minimum absolute atomic E-state index is 0.0221. The number of nitrogens with zero attached hydrogens (tertiary/aromatic N) is 3. The summed E-state index contributed by atoms with van der Waals surface area (Å²) in [6.45, 7) is 9.37. The van der Waals surface area contributed by atoms with Gasteiger partial charge in [0, 0.05) is 120 Å². The lowest BCUT2D eigenvalue weighted by atomic mass is 10.1. The summed E-state index contributed by atoms with van der Waals surface area (Å²) in [4.78, 5) is 75.5. The van der Waals surface area contributed by atoms with E-state index in [4.69, 9.17) is 35.9 Å². The van der Waals surface area contributed by atoms with Gasteiger partial charge in [0.2, 0.25) is 0 Å². The molecule has 20 nitrogen and oxygen atoms in total. The summed E-state index contributed by atoms with van der Waals surface area (Å²) in [5.41, 5.74) is 10.8. The average molecular weight is 1360 g/mol. The highest BCUT2D eigenvalue weighted by molar-refractivity contribution is 6.05. The molecule has 0 saturated heterocycles. The van der Waals surface area contributed by atoms with Gasteiger partial charge in [-0.2, -0.15) is 13.2 Å². The van der Waals surface area contributed by atoms with Crippen molar-refractivity contribution in [3.05, 3.63) is 198 Å². The number of aromatic carboxylic acids is 1. The zero-order valence-corrected chi connectivity index (χ0v) is 56.7. The van der Waals surface area contributed by atoms with Crippen LogP contribution >= 0.6 is 0 Å². The Kier molecular flexibility index (Phi) is 33.7. The van der Waals surface area contributed by atoms with E-state index in [2.05, 4.69) is 16.0 Å². The second-order valence-electron chi connectivity index (χ2n) is 23.5. The lowest BCUT2D eigenvalue weighted by Gasteiger charge is -2.20. The van der Waals surface area contributed by atoms with Crippen molar-refractivity contribution in [2.24, 2.45) is 0 Å². The van der Waals surface area contributed by atoms with Crippen LogP contribution in [0, 0.1) is 0 Å². The maximum atomic E-state index is 13.1. The van der Waals surface area contributed by atoms with E-state index in [-0.39, 0.29) is 79.8 Å². The number of carbonyl (C=O) groups excluding carboxylic acids is 5. The first-order chi connectivity index (χ1) is 46.1. The third-order valence-corrected chi connectivity index (χ3v) is 12.4. The Morgan fingerprint density at radius 1 is 0.505 bits per heavy atom. The molecule has 6 rings (SSSR count). The number of halogens is 6. The molecule has 526 valence electrons. The maximum absolute atomic E-state index is 13.1. The third-order valence-electron chi connectivity index (χ3n) is 12.4. The van der Waals surface area contributed by atoms with E-state index >= 15 is 0 Å². The summed E-state index contributed by atoms with van der Waals surface area (Å²) < 4.78 is 107. The molecule has 0 radical (unpaired) electrons. The van der Waals surface area contributed by atoms with Gasteiger partial charge in [0.25, 0.3) is 11.8 Å². The molecular formula is C71H88F6N8O12. The molecular weight excluding hydrogens is 1270 g/mol. The number of rotatable bonds is 24. The van der Waals surface area contributed by atoms with E-state index in [0.717, 1.165) is 22.7 Å². The molecule has 0 aliphatic carbocycles. The van der Waals surface area contributed by atoms with Gasteiger partial charge < -0.3 is 70.5 Å². The molecule has 0 saturated carbocycles. The number of carboxylic acid groups (broad SMARTS) is 1. The summed E-state index contributed by atoms with van der Waals surface area (Å²) in [7, 11) is 12.9. The van der Waals surface area contributed by atoms with Crippen molar-refractivity contribution in [1.82, 2.24) is 10.6 Å².